The minimum atomic E-state index is -1.40. The van der Waals surface area contributed by atoms with Gasteiger partial charge in [0.05, 0.1) is 11.4 Å². The quantitative estimate of drug-likeness (QED) is 0.726. The van der Waals surface area contributed by atoms with Gasteiger partial charge < -0.3 is 24.6 Å². The van der Waals surface area contributed by atoms with Crippen molar-refractivity contribution in [2.24, 2.45) is 5.92 Å². The number of aliphatic hydroxyl groups is 2. The van der Waals surface area contributed by atoms with Crippen LogP contribution in [0.25, 0.3) is 0 Å². The van der Waals surface area contributed by atoms with E-state index >= 15 is 0 Å². The van der Waals surface area contributed by atoms with Gasteiger partial charge in [-0.3, -0.25) is 0 Å². The smallest absolute Gasteiger partial charge is 0.219 e. The summed E-state index contributed by atoms with van der Waals surface area (Å²) in [6, 6.07) is 10.1. The first-order chi connectivity index (χ1) is 11.6. The first-order valence-electron chi connectivity index (χ1n) is 8.46. The lowest BCUT2D eigenvalue weighted by Crippen LogP contribution is -2.69. The minimum Gasteiger partial charge on any atom is -0.391 e. The van der Waals surface area contributed by atoms with Crippen LogP contribution in [0.4, 0.5) is 0 Å². The number of nitrogens with zero attached hydrogens (tertiary/aromatic N) is 1. The predicted octanol–water partition coefficient (Wildman–Crippen LogP) is 1.59. The summed E-state index contributed by atoms with van der Waals surface area (Å²) in [5, 5.41) is 21.3. The average Bonchev–Trinajstić information content (AvgIpc) is 2.65. The summed E-state index contributed by atoms with van der Waals surface area (Å²) in [4.78, 5) is 3.51. The van der Waals surface area contributed by atoms with Crippen molar-refractivity contribution >= 4 is 11.8 Å². The number of hydrogen-bond donors (Lipinski definition) is 2. The molecule has 0 radical (unpaired) electrons. The van der Waals surface area contributed by atoms with Crippen LogP contribution in [-0.2, 0) is 9.47 Å². The Hall–Kier alpha value is -0.630. The van der Waals surface area contributed by atoms with Gasteiger partial charge in [0.1, 0.15) is 6.10 Å². The van der Waals surface area contributed by atoms with Crippen LogP contribution < -0.4 is 0 Å². The number of thioether (sulfide) groups is 1. The van der Waals surface area contributed by atoms with E-state index in [2.05, 4.69) is 17.0 Å². The molecule has 24 heavy (non-hydrogen) atoms. The largest absolute Gasteiger partial charge is 0.391 e. The van der Waals surface area contributed by atoms with Crippen LogP contribution in [0.2, 0.25) is 0 Å². The van der Waals surface area contributed by atoms with E-state index in [1.54, 1.807) is 11.8 Å². The molecule has 0 saturated carbocycles. The van der Waals surface area contributed by atoms with Gasteiger partial charge in [-0.05, 0) is 44.0 Å². The third-order valence-electron chi connectivity index (χ3n) is 5.59. The maximum Gasteiger partial charge on any atom is 0.219 e. The van der Waals surface area contributed by atoms with Crippen molar-refractivity contribution in [3.8, 4) is 0 Å². The second-order valence-corrected chi connectivity index (χ2v) is 8.14. The van der Waals surface area contributed by atoms with Crippen molar-refractivity contribution in [3.05, 3.63) is 30.3 Å². The molecule has 3 aliphatic heterocycles. The molecular weight excluding hydrogens is 326 g/mol. The van der Waals surface area contributed by atoms with Crippen LogP contribution in [0, 0.1) is 5.92 Å². The van der Waals surface area contributed by atoms with Crippen LogP contribution in [0.15, 0.2) is 35.2 Å². The predicted molar refractivity (Wildman–Crippen MR) is 94.0 cm³/mol. The fourth-order valence-corrected chi connectivity index (χ4v) is 5.81. The lowest BCUT2D eigenvalue weighted by molar-refractivity contribution is -0.287. The number of hydrogen-bond acceptors (Lipinski definition) is 6. The van der Waals surface area contributed by atoms with Gasteiger partial charge in [-0.25, -0.2) is 0 Å². The molecule has 0 amide bonds. The molecule has 2 N–H and O–H groups in total. The molecule has 0 aromatic heterocycles. The van der Waals surface area contributed by atoms with E-state index in [1.807, 2.05) is 18.2 Å². The lowest BCUT2D eigenvalue weighted by atomic mass is 9.73. The second-order valence-electron chi connectivity index (χ2n) is 6.70. The van der Waals surface area contributed by atoms with Crippen LogP contribution in [0.1, 0.15) is 12.8 Å². The van der Waals surface area contributed by atoms with Crippen molar-refractivity contribution < 1.29 is 19.7 Å². The van der Waals surface area contributed by atoms with Crippen molar-refractivity contribution in [3.63, 3.8) is 0 Å². The van der Waals surface area contributed by atoms with Gasteiger partial charge in [0, 0.05) is 25.7 Å². The van der Waals surface area contributed by atoms with E-state index in [4.69, 9.17) is 9.47 Å². The van der Waals surface area contributed by atoms with Crippen molar-refractivity contribution in [2.75, 3.05) is 40.5 Å². The zero-order valence-corrected chi connectivity index (χ0v) is 15.2. The van der Waals surface area contributed by atoms with Gasteiger partial charge in [-0.2, -0.15) is 0 Å². The highest BCUT2D eigenvalue weighted by atomic mass is 32.2. The summed E-state index contributed by atoms with van der Waals surface area (Å²) in [5.74, 6) is -1.04. The Morgan fingerprint density at radius 2 is 1.88 bits per heavy atom. The number of methoxy groups -OCH3 is 2. The van der Waals surface area contributed by atoms with Crippen LogP contribution in [0.5, 0.6) is 0 Å². The summed E-state index contributed by atoms with van der Waals surface area (Å²) in [6.07, 6.45) is 1.15. The molecule has 5 nitrogen and oxygen atoms in total. The standard InChI is InChI=1S/C18H27NO4S/c1-22-18(13-20,23-2)16(21)17(24-15-6-4-3-5-7-15)12-19-10-8-14(17)9-11-19/h3-7,14,16,20-21H,8-13H2,1-2H3. The highest BCUT2D eigenvalue weighted by Gasteiger charge is 2.59. The van der Waals surface area contributed by atoms with Gasteiger partial charge in [0.15, 0.2) is 0 Å². The fraction of sp³-hybridized carbons (Fsp3) is 0.667. The third kappa shape index (κ3) is 3.00. The molecule has 1 aromatic carbocycles. The molecular formula is C18H27NO4S. The highest BCUT2D eigenvalue weighted by Crippen LogP contribution is 2.52. The first kappa shape index (κ1) is 18.2. The summed E-state index contributed by atoms with van der Waals surface area (Å²) >= 11 is 1.69. The monoisotopic (exact) mass is 353 g/mol. The Balaban J connectivity index is 1.99. The Morgan fingerprint density at radius 1 is 1.25 bits per heavy atom. The summed E-state index contributed by atoms with van der Waals surface area (Å²) in [6.45, 7) is 2.53. The van der Waals surface area contributed by atoms with E-state index < -0.39 is 16.6 Å². The molecule has 3 fully saturated rings. The third-order valence-corrected chi connectivity index (χ3v) is 7.16. The topological polar surface area (TPSA) is 62.2 Å². The maximum absolute atomic E-state index is 11.4. The number of rotatable bonds is 7. The molecule has 1 aromatic rings. The number of aliphatic hydroxyl groups excluding tert-OH is 2. The Labute approximate surface area is 147 Å². The summed E-state index contributed by atoms with van der Waals surface area (Å²) < 4.78 is 10.5. The molecule has 0 aliphatic carbocycles. The SMILES string of the molecule is COC(CO)(OC)C(O)C1(Sc2ccccc2)CN2CCC1CC2. The van der Waals surface area contributed by atoms with Crippen molar-refractivity contribution in [2.45, 2.75) is 34.4 Å². The normalized spacial score (nSPS) is 31.2. The molecule has 3 aliphatic rings. The number of piperidine rings is 3. The van der Waals surface area contributed by atoms with Crippen LogP contribution in [-0.4, -0.2) is 72.2 Å². The van der Waals surface area contributed by atoms with E-state index in [-0.39, 0.29) is 6.61 Å². The van der Waals surface area contributed by atoms with Crippen molar-refractivity contribution in [1.82, 2.24) is 4.90 Å². The molecule has 3 heterocycles. The Morgan fingerprint density at radius 3 is 2.33 bits per heavy atom. The summed E-state index contributed by atoms with van der Waals surface area (Å²) in [7, 11) is 2.95. The van der Waals surface area contributed by atoms with Gasteiger partial charge in [-0.1, -0.05) is 18.2 Å². The van der Waals surface area contributed by atoms with Gasteiger partial charge >= 0.3 is 0 Å². The zero-order chi connectivity index (χ0) is 17.2. The number of benzene rings is 1. The first-order valence-corrected chi connectivity index (χ1v) is 9.27. The highest BCUT2D eigenvalue weighted by molar-refractivity contribution is 8.00. The van der Waals surface area contributed by atoms with E-state index in [0.717, 1.165) is 37.4 Å². The van der Waals surface area contributed by atoms with Crippen molar-refractivity contribution in [1.29, 1.82) is 0 Å². The fourth-order valence-electron chi connectivity index (χ4n) is 4.14. The lowest BCUT2D eigenvalue weighted by Gasteiger charge is -2.57. The Kier molecular flexibility index (Phi) is 5.54. The zero-order valence-electron chi connectivity index (χ0n) is 14.4. The molecule has 4 rings (SSSR count). The molecule has 2 unspecified atom stereocenters. The number of ether oxygens (including phenoxy) is 2. The van der Waals surface area contributed by atoms with Gasteiger partial charge in [-0.15, -0.1) is 11.8 Å². The van der Waals surface area contributed by atoms with Crippen LogP contribution >= 0.6 is 11.8 Å². The van der Waals surface area contributed by atoms with Gasteiger partial charge in [0.2, 0.25) is 5.79 Å². The molecule has 6 heteroatoms. The molecule has 0 spiro atoms. The van der Waals surface area contributed by atoms with E-state index in [9.17, 15) is 10.2 Å². The Bertz CT molecular complexity index is 523. The molecule has 2 atom stereocenters. The molecule has 134 valence electrons. The summed E-state index contributed by atoms with van der Waals surface area (Å²) in [5.41, 5.74) is 0. The van der Waals surface area contributed by atoms with E-state index in [0.29, 0.717) is 5.92 Å². The molecule has 2 bridgehead atoms. The maximum atomic E-state index is 11.4. The van der Waals surface area contributed by atoms with E-state index in [1.165, 1.54) is 14.2 Å². The van der Waals surface area contributed by atoms with Gasteiger partial charge in [0.25, 0.3) is 0 Å². The minimum absolute atomic E-state index is 0.360. The van der Waals surface area contributed by atoms with Crippen LogP contribution in [0.3, 0.4) is 0 Å². The second kappa shape index (κ2) is 7.32. The average molecular weight is 353 g/mol. The molecule has 3 saturated heterocycles. The number of fused-ring (bicyclic) bond motifs is 3.